The molecule has 0 saturated heterocycles. The predicted octanol–water partition coefficient (Wildman–Crippen LogP) is 0.426. The lowest BCUT2D eigenvalue weighted by Gasteiger charge is -2.09. The van der Waals surface area contributed by atoms with Crippen LogP contribution in [0.4, 0.5) is 0 Å². The topological polar surface area (TPSA) is 109 Å². The van der Waals surface area contributed by atoms with Gasteiger partial charge in [0.15, 0.2) is 0 Å². The maximum absolute atomic E-state index is 11.9. The van der Waals surface area contributed by atoms with Crippen molar-refractivity contribution in [3.63, 3.8) is 0 Å². The number of carboxylic acids is 1. The van der Waals surface area contributed by atoms with E-state index in [0.717, 1.165) is 6.07 Å². The standard InChI is InChI=1S/C11H18N2O5S/c1-7(2)13-6-9(4-10(13)11(15)16)19(17,18)12-5-8(3)14/h4,6-8,12,14H,5H2,1-3H3,(H,15,16). The van der Waals surface area contributed by atoms with Gasteiger partial charge in [-0.05, 0) is 26.8 Å². The Labute approximate surface area is 111 Å². The maximum atomic E-state index is 11.9. The number of nitrogens with zero attached hydrogens (tertiary/aromatic N) is 1. The quantitative estimate of drug-likeness (QED) is 0.704. The third kappa shape index (κ3) is 3.79. The molecule has 1 aromatic rings. The molecule has 1 heterocycles. The van der Waals surface area contributed by atoms with E-state index in [2.05, 4.69) is 4.72 Å². The summed E-state index contributed by atoms with van der Waals surface area (Å²) in [6.07, 6.45) is 0.458. The zero-order valence-electron chi connectivity index (χ0n) is 11.0. The molecular formula is C11H18N2O5S. The number of sulfonamides is 1. The number of carbonyl (C=O) groups is 1. The third-order valence-corrected chi connectivity index (χ3v) is 3.87. The second-order valence-electron chi connectivity index (χ2n) is 4.57. The van der Waals surface area contributed by atoms with E-state index in [-0.39, 0.29) is 23.2 Å². The van der Waals surface area contributed by atoms with Gasteiger partial charge >= 0.3 is 5.97 Å². The minimum Gasteiger partial charge on any atom is -0.477 e. The Balaban J connectivity index is 3.15. The molecule has 0 fully saturated rings. The highest BCUT2D eigenvalue weighted by atomic mass is 32.2. The lowest BCUT2D eigenvalue weighted by atomic mass is 10.3. The lowest BCUT2D eigenvalue weighted by Crippen LogP contribution is -2.30. The molecule has 0 radical (unpaired) electrons. The summed E-state index contributed by atoms with van der Waals surface area (Å²) >= 11 is 0. The van der Waals surface area contributed by atoms with Crippen LogP contribution in [0.25, 0.3) is 0 Å². The Morgan fingerprint density at radius 3 is 2.37 bits per heavy atom. The van der Waals surface area contributed by atoms with Crippen molar-refractivity contribution >= 4 is 16.0 Å². The lowest BCUT2D eigenvalue weighted by molar-refractivity contribution is 0.0683. The molecule has 19 heavy (non-hydrogen) atoms. The van der Waals surface area contributed by atoms with Crippen LogP contribution in [0.5, 0.6) is 0 Å². The molecule has 0 aromatic carbocycles. The molecule has 1 rings (SSSR count). The predicted molar refractivity (Wildman–Crippen MR) is 68.6 cm³/mol. The van der Waals surface area contributed by atoms with Gasteiger partial charge in [0.25, 0.3) is 0 Å². The first kappa shape index (κ1) is 15.7. The molecule has 3 N–H and O–H groups in total. The highest BCUT2D eigenvalue weighted by molar-refractivity contribution is 7.89. The second kappa shape index (κ2) is 5.72. The molecule has 7 nitrogen and oxygen atoms in total. The summed E-state index contributed by atoms with van der Waals surface area (Å²) in [5.41, 5.74) is -0.0904. The van der Waals surface area contributed by atoms with E-state index in [1.807, 2.05) is 0 Å². The Kier molecular flexibility index (Phi) is 4.72. The van der Waals surface area contributed by atoms with E-state index in [9.17, 15) is 13.2 Å². The number of aliphatic hydroxyl groups is 1. The van der Waals surface area contributed by atoms with Gasteiger partial charge in [-0.15, -0.1) is 0 Å². The Hall–Kier alpha value is -1.38. The smallest absolute Gasteiger partial charge is 0.352 e. The molecule has 0 aliphatic heterocycles. The summed E-state index contributed by atoms with van der Waals surface area (Å²) in [5.74, 6) is -1.19. The molecular weight excluding hydrogens is 272 g/mol. The fourth-order valence-corrected chi connectivity index (χ4v) is 2.66. The molecule has 0 amide bonds. The summed E-state index contributed by atoms with van der Waals surface area (Å²) < 4.78 is 27.4. The average Bonchev–Trinajstić information content (AvgIpc) is 2.72. The summed E-state index contributed by atoms with van der Waals surface area (Å²) in [5, 5.41) is 18.1. The van der Waals surface area contributed by atoms with Crippen LogP contribution in [0.3, 0.4) is 0 Å². The van der Waals surface area contributed by atoms with Crippen molar-refractivity contribution in [3.05, 3.63) is 18.0 Å². The Morgan fingerprint density at radius 2 is 2.00 bits per heavy atom. The van der Waals surface area contributed by atoms with Crippen molar-refractivity contribution in [2.75, 3.05) is 6.54 Å². The zero-order chi connectivity index (χ0) is 14.8. The summed E-state index contributed by atoms with van der Waals surface area (Å²) in [4.78, 5) is 10.9. The molecule has 8 heteroatoms. The number of hydrogen-bond acceptors (Lipinski definition) is 4. The average molecular weight is 290 g/mol. The summed E-state index contributed by atoms with van der Waals surface area (Å²) in [6, 6.07) is 0.930. The number of rotatable bonds is 6. The van der Waals surface area contributed by atoms with E-state index < -0.39 is 22.1 Å². The molecule has 1 unspecified atom stereocenters. The molecule has 1 atom stereocenters. The zero-order valence-corrected chi connectivity index (χ0v) is 11.8. The van der Waals surface area contributed by atoms with Crippen molar-refractivity contribution in [1.29, 1.82) is 0 Å². The van der Waals surface area contributed by atoms with Crippen molar-refractivity contribution < 1.29 is 23.4 Å². The van der Waals surface area contributed by atoms with Gasteiger partial charge in [0.1, 0.15) is 10.6 Å². The monoisotopic (exact) mass is 290 g/mol. The largest absolute Gasteiger partial charge is 0.477 e. The van der Waals surface area contributed by atoms with Gasteiger partial charge in [-0.2, -0.15) is 0 Å². The minimum absolute atomic E-state index is 0.0904. The number of carboxylic acid groups (broad SMARTS) is 1. The molecule has 0 bridgehead atoms. The van der Waals surface area contributed by atoms with Crippen molar-refractivity contribution in [1.82, 2.24) is 9.29 Å². The number of aromatic nitrogens is 1. The first-order valence-electron chi connectivity index (χ1n) is 5.78. The minimum atomic E-state index is -3.82. The van der Waals surface area contributed by atoms with Gasteiger partial charge in [0.2, 0.25) is 10.0 Å². The van der Waals surface area contributed by atoms with Crippen LogP contribution in [0, 0.1) is 0 Å². The first-order valence-corrected chi connectivity index (χ1v) is 7.26. The third-order valence-electron chi connectivity index (χ3n) is 2.48. The number of aliphatic hydroxyl groups excluding tert-OH is 1. The van der Waals surface area contributed by atoms with E-state index >= 15 is 0 Å². The van der Waals surface area contributed by atoms with Crippen molar-refractivity contribution in [2.45, 2.75) is 37.8 Å². The number of hydrogen-bond donors (Lipinski definition) is 3. The van der Waals surface area contributed by atoms with Crippen LogP contribution < -0.4 is 4.72 Å². The van der Waals surface area contributed by atoms with Crippen LogP contribution in [0.15, 0.2) is 17.2 Å². The molecule has 108 valence electrons. The molecule has 0 spiro atoms. The van der Waals surface area contributed by atoms with Crippen LogP contribution in [-0.4, -0.2) is 41.8 Å². The molecule has 0 aliphatic rings. The second-order valence-corrected chi connectivity index (χ2v) is 6.34. The normalized spacial score (nSPS) is 13.7. The van der Waals surface area contributed by atoms with Crippen molar-refractivity contribution in [3.8, 4) is 0 Å². The van der Waals surface area contributed by atoms with E-state index in [1.54, 1.807) is 13.8 Å². The fourth-order valence-electron chi connectivity index (χ4n) is 1.51. The first-order chi connectivity index (χ1) is 8.65. The van der Waals surface area contributed by atoms with Crippen LogP contribution >= 0.6 is 0 Å². The van der Waals surface area contributed by atoms with Crippen LogP contribution in [0.1, 0.15) is 37.3 Å². The molecule has 0 saturated carbocycles. The van der Waals surface area contributed by atoms with Crippen molar-refractivity contribution in [2.24, 2.45) is 0 Å². The van der Waals surface area contributed by atoms with Gasteiger partial charge in [-0.25, -0.2) is 17.9 Å². The van der Waals surface area contributed by atoms with Crippen LogP contribution in [0.2, 0.25) is 0 Å². The van der Waals surface area contributed by atoms with Gasteiger partial charge in [0, 0.05) is 18.8 Å². The maximum Gasteiger partial charge on any atom is 0.352 e. The SMILES string of the molecule is CC(O)CNS(=O)(=O)c1cc(C(=O)O)n(C(C)C)c1. The molecule has 1 aromatic heterocycles. The van der Waals surface area contributed by atoms with Gasteiger partial charge in [-0.1, -0.05) is 0 Å². The fraction of sp³-hybridized carbons (Fsp3) is 0.545. The van der Waals surface area contributed by atoms with Crippen LogP contribution in [-0.2, 0) is 10.0 Å². The molecule has 0 aliphatic carbocycles. The van der Waals surface area contributed by atoms with E-state index in [0.29, 0.717) is 0 Å². The Morgan fingerprint density at radius 1 is 1.42 bits per heavy atom. The van der Waals surface area contributed by atoms with E-state index in [4.69, 9.17) is 10.2 Å². The van der Waals surface area contributed by atoms with Gasteiger partial charge in [-0.3, -0.25) is 0 Å². The number of aromatic carboxylic acids is 1. The summed E-state index contributed by atoms with van der Waals surface area (Å²) in [7, 11) is -3.82. The van der Waals surface area contributed by atoms with E-state index in [1.165, 1.54) is 17.7 Å². The number of nitrogens with one attached hydrogen (secondary N) is 1. The van der Waals surface area contributed by atoms with Gasteiger partial charge in [0.05, 0.1) is 6.10 Å². The highest BCUT2D eigenvalue weighted by Gasteiger charge is 2.22. The Bertz CT molecular complexity index is 560. The summed E-state index contributed by atoms with van der Waals surface area (Å²) in [6.45, 7) is 4.83. The highest BCUT2D eigenvalue weighted by Crippen LogP contribution is 2.18. The van der Waals surface area contributed by atoms with Gasteiger partial charge < -0.3 is 14.8 Å².